The molecule has 0 amide bonds. The summed E-state index contributed by atoms with van der Waals surface area (Å²) in [7, 11) is 1.49. The van der Waals surface area contributed by atoms with Crippen LogP contribution in [0.4, 0.5) is 0 Å². The molecule has 3 nitrogen and oxygen atoms in total. The maximum Gasteiger partial charge on any atom is 0.320 e. The maximum absolute atomic E-state index is 10.5. The van der Waals surface area contributed by atoms with Gasteiger partial charge in [0.1, 0.15) is 6.02 Å². The van der Waals surface area contributed by atoms with Crippen LogP contribution in [0.15, 0.2) is 0 Å². The van der Waals surface area contributed by atoms with E-state index in [1.54, 1.807) is 0 Å². The van der Waals surface area contributed by atoms with Crippen molar-refractivity contribution in [2.75, 3.05) is 7.05 Å². The summed E-state index contributed by atoms with van der Waals surface area (Å²) in [4.78, 5) is 10.5. The molecule has 60 valence electrons. The number of rotatable bonds is 4. The summed E-state index contributed by atoms with van der Waals surface area (Å²) >= 11 is 0. The summed E-state index contributed by atoms with van der Waals surface area (Å²) in [5.74, 6) is -0.912. The van der Waals surface area contributed by atoms with Gasteiger partial charge in [0.15, 0.2) is 0 Å². The lowest BCUT2D eigenvalue weighted by Gasteiger charge is -2.12. The molecule has 0 heterocycles. The monoisotopic (exact) mass is 146 g/mol. The van der Waals surface area contributed by atoms with E-state index in [4.69, 9.17) is 6.48 Å². The lowest BCUT2D eigenvalue weighted by Crippen LogP contribution is -2.34. The highest BCUT2D eigenvalue weighted by molar-refractivity contribution is 5.73. The Morgan fingerprint density at radius 2 is 2.30 bits per heavy atom. The highest BCUT2D eigenvalue weighted by Gasteiger charge is 2.15. The van der Waals surface area contributed by atoms with Gasteiger partial charge in [0.2, 0.25) is 0 Å². The molecule has 0 aromatic rings. The zero-order valence-electron chi connectivity index (χ0n) is 7.64. The molecule has 0 rings (SSSR count). The normalized spacial score (nSPS) is 18.2. The highest BCUT2D eigenvalue weighted by Crippen LogP contribution is 2.03. The van der Waals surface area contributed by atoms with E-state index >= 15 is 0 Å². The van der Waals surface area contributed by atoms with Gasteiger partial charge in [-0.3, -0.25) is 4.79 Å². The Hall–Kier alpha value is -0.570. The predicted molar refractivity (Wildman–Crippen MR) is 39.9 cm³/mol. The van der Waals surface area contributed by atoms with Crippen molar-refractivity contribution in [1.29, 1.82) is 0 Å². The lowest BCUT2D eigenvalue weighted by molar-refractivity contribution is -0.139. The van der Waals surface area contributed by atoms with Crippen molar-refractivity contribution < 1.29 is 11.3 Å². The molecule has 0 fully saturated rings. The fourth-order valence-corrected chi connectivity index (χ4v) is 0.705. The number of carboxylic acids is 1. The average molecular weight is 146 g/mol. The molecule has 0 spiro atoms. The molecule has 0 aliphatic rings. The second-order valence-corrected chi connectivity index (χ2v) is 2.63. The van der Waals surface area contributed by atoms with Gasteiger partial charge in [0.05, 0.1) is 1.37 Å². The van der Waals surface area contributed by atoms with Gasteiger partial charge in [-0.25, -0.2) is 0 Å². The van der Waals surface area contributed by atoms with E-state index in [-0.39, 0.29) is 5.92 Å². The molecule has 0 bridgehead atoms. The van der Waals surface area contributed by atoms with Crippen molar-refractivity contribution in [2.24, 2.45) is 5.92 Å². The van der Waals surface area contributed by atoms with Crippen LogP contribution in [0, 0.1) is 5.92 Å². The van der Waals surface area contributed by atoms with Crippen molar-refractivity contribution in [3.05, 3.63) is 0 Å². The molecule has 0 aromatic carbocycles. The lowest BCUT2D eigenvalue weighted by atomic mass is 10.0. The Morgan fingerprint density at radius 3 is 2.40 bits per heavy atom. The Labute approximate surface area is 62.8 Å². The first-order valence-corrected chi connectivity index (χ1v) is 3.34. The minimum absolute atomic E-state index is 0.205. The molecule has 2 N–H and O–H groups in total. The second kappa shape index (κ2) is 4.28. The van der Waals surface area contributed by atoms with Crippen LogP contribution < -0.4 is 5.32 Å². The summed E-state index contributed by atoms with van der Waals surface area (Å²) < 4.78 is 7.44. The van der Waals surface area contributed by atoms with E-state index in [2.05, 4.69) is 5.32 Å². The summed E-state index contributed by atoms with van der Waals surface area (Å²) in [6.45, 7) is 3.78. The van der Waals surface area contributed by atoms with E-state index < -0.39 is 12.0 Å². The number of hydrogen-bond donors (Lipinski definition) is 2. The number of carboxylic acid groups (broad SMARTS) is 1. The van der Waals surface area contributed by atoms with Gasteiger partial charge in [-0.15, -0.1) is 0 Å². The van der Waals surface area contributed by atoms with Crippen molar-refractivity contribution in [3.8, 4) is 0 Å². The molecule has 3 heteroatoms. The van der Waals surface area contributed by atoms with Crippen LogP contribution in [-0.2, 0) is 4.79 Å². The minimum Gasteiger partial charge on any atom is -0.480 e. The van der Waals surface area contributed by atoms with Gasteiger partial charge in [0, 0.05) is 0 Å². The van der Waals surface area contributed by atoms with Gasteiger partial charge < -0.3 is 10.4 Å². The maximum atomic E-state index is 10.5. The first-order chi connectivity index (χ1) is 4.92. The fourth-order valence-electron chi connectivity index (χ4n) is 0.705. The van der Waals surface area contributed by atoms with Crippen molar-refractivity contribution in [3.63, 3.8) is 0 Å². The third kappa shape index (κ3) is 3.45. The number of likely N-dealkylation sites (N-methyl/N-ethyl adjacent to an activating group) is 1. The van der Waals surface area contributed by atoms with E-state index in [1.807, 2.05) is 13.8 Å². The first-order valence-electron chi connectivity index (χ1n) is 3.84. The van der Waals surface area contributed by atoms with Crippen LogP contribution in [0.25, 0.3) is 0 Å². The third-order valence-electron chi connectivity index (χ3n) is 1.17. The van der Waals surface area contributed by atoms with E-state index in [0.717, 1.165) is 0 Å². The average Bonchev–Trinajstić information content (AvgIpc) is 1.86. The molecule has 0 aromatic heterocycles. The molecular weight excluding hydrogens is 130 g/mol. The Bertz CT molecular complexity index is 149. The SMILES string of the molecule is [2H][C@](CC(C)C)(NC)C(=O)O. The van der Waals surface area contributed by atoms with Gasteiger partial charge in [-0.2, -0.15) is 0 Å². The molecule has 0 unspecified atom stereocenters. The summed E-state index contributed by atoms with van der Waals surface area (Å²) in [6, 6.07) is -1.52. The fraction of sp³-hybridized carbons (Fsp3) is 0.857. The molecular formula is C7H15NO2. The standard InChI is InChI=1S/C7H15NO2/c1-5(2)4-6(8-3)7(9)10/h5-6,8H,4H2,1-3H3,(H,9,10)/t6-/m1/s1/i6D. The first kappa shape index (κ1) is 7.54. The molecule has 0 saturated heterocycles. The van der Waals surface area contributed by atoms with Gasteiger partial charge >= 0.3 is 5.97 Å². The van der Waals surface area contributed by atoms with Crippen molar-refractivity contribution >= 4 is 5.97 Å². The van der Waals surface area contributed by atoms with Crippen LogP contribution in [0.5, 0.6) is 0 Å². The van der Waals surface area contributed by atoms with E-state index in [1.165, 1.54) is 7.05 Å². The Kier molecular flexibility index (Phi) is 3.22. The van der Waals surface area contributed by atoms with Crippen LogP contribution >= 0.6 is 0 Å². The summed E-state index contributed by atoms with van der Waals surface area (Å²) in [6.07, 6.45) is 0.318. The minimum atomic E-state index is -1.52. The Morgan fingerprint density at radius 1 is 1.80 bits per heavy atom. The zero-order valence-corrected chi connectivity index (χ0v) is 6.64. The molecule has 0 radical (unpaired) electrons. The molecule has 1 atom stereocenters. The van der Waals surface area contributed by atoms with Gasteiger partial charge in [-0.1, -0.05) is 13.8 Å². The molecule has 10 heavy (non-hydrogen) atoms. The van der Waals surface area contributed by atoms with Gasteiger partial charge in [-0.05, 0) is 19.4 Å². The summed E-state index contributed by atoms with van der Waals surface area (Å²) in [5, 5.41) is 11.1. The predicted octanol–water partition coefficient (Wildman–Crippen LogP) is 0.705. The van der Waals surface area contributed by atoms with E-state index in [9.17, 15) is 4.79 Å². The molecule has 0 saturated carbocycles. The van der Waals surface area contributed by atoms with Crippen LogP contribution in [0.2, 0.25) is 0 Å². The zero-order chi connectivity index (χ0) is 9.07. The quantitative estimate of drug-likeness (QED) is 0.614. The third-order valence-corrected chi connectivity index (χ3v) is 1.17. The van der Waals surface area contributed by atoms with Gasteiger partial charge in [0.25, 0.3) is 0 Å². The molecule has 0 aliphatic carbocycles. The summed E-state index contributed by atoms with van der Waals surface area (Å²) in [5.41, 5.74) is 0. The van der Waals surface area contributed by atoms with Crippen LogP contribution in [-0.4, -0.2) is 24.1 Å². The number of aliphatic carboxylic acids is 1. The van der Waals surface area contributed by atoms with Crippen molar-refractivity contribution in [1.82, 2.24) is 5.32 Å². The molecule has 0 aliphatic heterocycles. The van der Waals surface area contributed by atoms with Crippen LogP contribution in [0.1, 0.15) is 21.6 Å². The number of nitrogens with one attached hydrogen (secondary N) is 1. The topological polar surface area (TPSA) is 49.3 Å². The van der Waals surface area contributed by atoms with E-state index in [0.29, 0.717) is 6.42 Å². The second-order valence-electron chi connectivity index (χ2n) is 2.63. The van der Waals surface area contributed by atoms with Crippen molar-refractivity contribution in [2.45, 2.75) is 26.3 Å². The smallest absolute Gasteiger partial charge is 0.320 e. The largest absolute Gasteiger partial charge is 0.480 e. The highest BCUT2D eigenvalue weighted by atomic mass is 16.4. The number of hydrogen-bond acceptors (Lipinski definition) is 2. The Balaban J connectivity index is 4.22. The number of carbonyl (C=O) groups is 1. The van der Waals surface area contributed by atoms with Crippen LogP contribution in [0.3, 0.4) is 0 Å².